The molecule has 0 amide bonds. The van der Waals surface area contributed by atoms with Crippen LogP contribution in [0.1, 0.15) is 41.0 Å². The molecule has 2 aliphatic rings. The van der Waals surface area contributed by atoms with E-state index in [9.17, 15) is 4.79 Å². The molecule has 1 aliphatic carbocycles. The molecular formula is C25H21NO. The normalized spacial score (nSPS) is 20.1. The third-order valence-corrected chi connectivity index (χ3v) is 5.92. The Morgan fingerprint density at radius 1 is 0.778 bits per heavy atom. The predicted molar refractivity (Wildman–Crippen MR) is 110 cm³/mol. The molecule has 0 N–H and O–H groups in total. The highest BCUT2D eigenvalue weighted by Crippen LogP contribution is 2.56. The number of nitrogens with zero attached hydrogens (tertiary/aromatic N) is 1. The van der Waals surface area contributed by atoms with E-state index >= 15 is 0 Å². The first-order chi connectivity index (χ1) is 13.2. The zero-order valence-electron chi connectivity index (χ0n) is 15.5. The Kier molecular flexibility index (Phi) is 3.54. The first kappa shape index (κ1) is 16.1. The van der Waals surface area contributed by atoms with Crippen molar-refractivity contribution in [3.63, 3.8) is 0 Å². The summed E-state index contributed by atoms with van der Waals surface area (Å²) in [6, 6.07) is 27.4. The lowest BCUT2D eigenvalue weighted by atomic mass is 9.71. The van der Waals surface area contributed by atoms with Crippen molar-refractivity contribution in [1.82, 2.24) is 0 Å². The van der Waals surface area contributed by atoms with Crippen molar-refractivity contribution in [2.75, 3.05) is 11.9 Å². The molecule has 2 nitrogen and oxygen atoms in total. The van der Waals surface area contributed by atoms with E-state index in [0.29, 0.717) is 0 Å². The fourth-order valence-electron chi connectivity index (χ4n) is 4.85. The Morgan fingerprint density at radius 2 is 1.37 bits per heavy atom. The van der Waals surface area contributed by atoms with Crippen molar-refractivity contribution >= 4 is 17.0 Å². The molecule has 0 fully saturated rings. The Hall–Kier alpha value is -3.13. The maximum Gasteiger partial charge on any atom is 0.141 e. The van der Waals surface area contributed by atoms with Crippen LogP contribution in [0, 0.1) is 0 Å². The lowest BCUT2D eigenvalue weighted by Crippen LogP contribution is -2.26. The zero-order chi connectivity index (χ0) is 18.5. The maximum atomic E-state index is 12.9. The number of Topliss-reactive ketones (excluding diaryl/α,β-unsaturated/α-hetero) is 1. The number of likely N-dealkylation sites (N-methyl/N-ethyl adjacent to an activating group) is 1. The van der Waals surface area contributed by atoms with Gasteiger partial charge in [0, 0.05) is 18.4 Å². The fraction of sp³-hybridized carbons (Fsp3) is 0.160. The number of hydrogen-bond donors (Lipinski definition) is 0. The molecule has 27 heavy (non-hydrogen) atoms. The predicted octanol–water partition coefficient (Wildman–Crippen LogP) is 5.37. The van der Waals surface area contributed by atoms with E-state index in [1.807, 2.05) is 12.1 Å². The third kappa shape index (κ3) is 2.23. The van der Waals surface area contributed by atoms with Gasteiger partial charge in [0.25, 0.3) is 0 Å². The topological polar surface area (TPSA) is 20.3 Å². The lowest BCUT2D eigenvalue weighted by Gasteiger charge is -2.34. The van der Waals surface area contributed by atoms with Gasteiger partial charge in [0.2, 0.25) is 0 Å². The van der Waals surface area contributed by atoms with Crippen molar-refractivity contribution in [3.05, 3.63) is 107 Å². The number of allylic oxidation sites excluding steroid dienone is 2. The van der Waals surface area contributed by atoms with Gasteiger partial charge in [-0.05, 0) is 40.8 Å². The molecule has 0 saturated carbocycles. The number of ketones is 1. The van der Waals surface area contributed by atoms with Crippen LogP contribution in [0.15, 0.2) is 84.6 Å². The van der Waals surface area contributed by atoms with E-state index in [2.05, 4.69) is 78.7 Å². The first-order valence-electron chi connectivity index (χ1n) is 9.40. The van der Waals surface area contributed by atoms with Crippen LogP contribution in [0.25, 0.3) is 5.57 Å². The number of carbonyl (C=O) groups is 1. The van der Waals surface area contributed by atoms with Gasteiger partial charge in [-0.1, -0.05) is 72.8 Å². The number of anilines is 1. The van der Waals surface area contributed by atoms with Gasteiger partial charge in [-0.25, -0.2) is 0 Å². The summed E-state index contributed by atoms with van der Waals surface area (Å²) < 4.78 is 0. The number of benzene rings is 3. The van der Waals surface area contributed by atoms with Crippen LogP contribution >= 0.6 is 0 Å². The minimum absolute atomic E-state index is 0.174. The highest BCUT2D eigenvalue weighted by atomic mass is 16.1. The van der Waals surface area contributed by atoms with Crippen LogP contribution in [0.2, 0.25) is 0 Å². The highest BCUT2D eigenvalue weighted by molar-refractivity contribution is 6.02. The summed E-state index contributed by atoms with van der Waals surface area (Å²) in [5, 5.41) is 0. The van der Waals surface area contributed by atoms with Gasteiger partial charge in [0.15, 0.2) is 0 Å². The average molecular weight is 351 g/mol. The molecule has 1 heterocycles. The lowest BCUT2D eigenvalue weighted by molar-refractivity contribution is -0.117. The minimum Gasteiger partial charge on any atom is -0.347 e. The zero-order valence-corrected chi connectivity index (χ0v) is 15.5. The van der Waals surface area contributed by atoms with Crippen LogP contribution in [0.5, 0.6) is 0 Å². The number of para-hydroxylation sites is 1. The first-order valence-corrected chi connectivity index (χ1v) is 9.40. The van der Waals surface area contributed by atoms with Crippen LogP contribution in [-0.2, 0) is 4.79 Å². The molecule has 0 bridgehead atoms. The van der Waals surface area contributed by atoms with Crippen molar-refractivity contribution < 1.29 is 4.79 Å². The molecule has 2 heteroatoms. The van der Waals surface area contributed by atoms with E-state index in [1.54, 1.807) is 6.92 Å². The Labute approximate surface area is 159 Å². The molecule has 0 saturated heterocycles. The van der Waals surface area contributed by atoms with E-state index in [4.69, 9.17) is 0 Å². The number of carbonyl (C=O) groups excluding carboxylic acids is 1. The molecule has 0 aromatic heterocycles. The summed E-state index contributed by atoms with van der Waals surface area (Å²) >= 11 is 0. The van der Waals surface area contributed by atoms with E-state index < -0.39 is 0 Å². The van der Waals surface area contributed by atoms with Gasteiger partial charge >= 0.3 is 0 Å². The van der Waals surface area contributed by atoms with Gasteiger partial charge in [0.05, 0.1) is 11.8 Å². The van der Waals surface area contributed by atoms with Crippen LogP contribution < -0.4 is 4.90 Å². The standard InChI is InChI=1S/C25H21NO/c1-16(27)22-18-12-6-7-13-19(18)24-20-14-8-9-15-21(20)26(2)25(24)23(22)17-10-4-3-5-11-17/h3-15,22,24H,1-2H3/t22-,24-/m0/s1. The molecule has 2 atom stereocenters. The molecule has 3 aromatic rings. The second-order valence-electron chi connectivity index (χ2n) is 7.39. The fourth-order valence-corrected chi connectivity index (χ4v) is 4.85. The summed E-state index contributed by atoms with van der Waals surface area (Å²) in [7, 11) is 2.13. The summed E-state index contributed by atoms with van der Waals surface area (Å²) in [5.74, 6) is 0.136. The van der Waals surface area contributed by atoms with Crippen molar-refractivity contribution in [3.8, 4) is 0 Å². The summed E-state index contributed by atoms with van der Waals surface area (Å²) in [6.45, 7) is 1.72. The molecule has 5 rings (SSSR count). The molecular weight excluding hydrogens is 330 g/mol. The quantitative estimate of drug-likeness (QED) is 0.619. The summed E-state index contributed by atoms with van der Waals surface area (Å²) in [4.78, 5) is 15.1. The molecule has 1 aliphatic heterocycles. The molecule has 132 valence electrons. The van der Waals surface area contributed by atoms with Crippen molar-refractivity contribution in [2.45, 2.75) is 18.8 Å². The number of rotatable bonds is 2. The van der Waals surface area contributed by atoms with E-state index in [-0.39, 0.29) is 17.6 Å². The monoisotopic (exact) mass is 351 g/mol. The van der Waals surface area contributed by atoms with Gasteiger partial charge < -0.3 is 4.90 Å². The van der Waals surface area contributed by atoms with Crippen LogP contribution in [0.3, 0.4) is 0 Å². The average Bonchev–Trinajstić information content (AvgIpc) is 3.01. The minimum atomic E-state index is -0.230. The summed E-state index contributed by atoms with van der Waals surface area (Å²) in [6.07, 6.45) is 0. The second-order valence-corrected chi connectivity index (χ2v) is 7.39. The largest absolute Gasteiger partial charge is 0.347 e. The van der Waals surface area contributed by atoms with Crippen molar-refractivity contribution in [1.29, 1.82) is 0 Å². The van der Waals surface area contributed by atoms with Crippen LogP contribution in [-0.4, -0.2) is 12.8 Å². The molecule has 0 spiro atoms. The smallest absolute Gasteiger partial charge is 0.141 e. The van der Waals surface area contributed by atoms with E-state index in [0.717, 1.165) is 16.7 Å². The third-order valence-electron chi connectivity index (χ3n) is 5.92. The molecule has 0 radical (unpaired) electrons. The molecule has 0 unspecified atom stereocenters. The number of fused-ring (bicyclic) bond motifs is 5. The van der Waals surface area contributed by atoms with Gasteiger partial charge in [-0.3, -0.25) is 4.79 Å². The van der Waals surface area contributed by atoms with Crippen LogP contribution in [0.4, 0.5) is 5.69 Å². The van der Waals surface area contributed by atoms with E-state index in [1.165, 1.54) is 22.5 Å². The number of hydrogen-bond acceptors (Lipinski definition) is 2. The van der Waals surface area contributed by atoms with Gasteiger partial charge in [-0.15, -0.1) is 0 Å². The molecule has 3 aromatic carbocycles. The Balaban J connectivity index is 1.90. The SMILES string of the molecule is CC(=O)[C@@H]1C(c2ccccc2)=C2[C@@H](c3ccccc31)c1ccccc1N2C. The maximum absolute atomic E-state index is 12.9. The Morgan fingerprint density at radius 3 is 2.07 bits per heavy atom. The summed E-state index contributed by atoms with van der Waals surface area (Å²) in [5.41, 5.74) is 8.45. The Bertz CT molecular complexity index is 1080. The van der Waals surface area contributed by atoms with Gasteiger partial charge in [-0.2, -0.15) is 0 Å². The van der Waals surface area contributed by atoms with Crippen molar-refractivity contribution in [2.24, 2.45) is 0 Å². The second kappa shape index (κ2) is 5.95. The van der Waals surface area contributed by atoms with Gasteiger partial charge in [0.1, 0.15) is 5.78 Å². The highest BCUT2D eigenvalue weighted by Gasteiger charge is 2.43.